The summed E-state index contributed by atoms with van der Waals surface area (Å²) in [6.45, 7) is 3.63. The van der Waals surface area contributed by atoms with Gasteiger partial charge < -0.3 is 9.84 Å². The summed E-state index contributed by atoms with van der Waals surface area (Å²) in [7, 11) is 0. The molecule has 1 aromatic carbocycles. The molecule has 0 aliphatic heterocycles. The number of carbonyl (C=O) groups excluding carboxylic acids is 2. The molecule has 1 aromatic rings. The Labute approximate surface area is 93.9 Å². The van der Waals surface area contributed by atoms with Crippen LogP contribution in [0.5, 0.6) is 5.75 Å². The van der Waals surface area contributed by atoms with Gasteiger partial charge >= 0.3 is 5.97 Å². The first-order valence-electron chi connectivity index (χ1n) is 5.13. The first-order valence-corrected chi connectivity index (χ1v) is 5.13. The molecule has 1 N–H and O–H groups in total. The summed E-state index contributed by atoms with van der Waals surface area (Å²) in [6, 6.07) is 4.07. The molecule has 0 spiro atoms. The summed E-state index contributed by atoms with van der Waals surface area (Å²) >= 11 is 0. The molecule has 4 heteroatoms. The van der Waals surface area contributed by atoms with Crippen molar-refractivity contribution >= 4 is 11.8 Å². The first kappa shape index (κ1) is 12.2. The zero-order valence-corrected chi connectivity index (χ0v) is 9.32. The number of rotatable bonds is 4. The lowest BCUT2D eigenvalue weighted by atomic mass is 10.0. The predicted octanol–water partition coefficient (Wildman–Crippen LogP) is 2.16. The molecule has 0 aromatic heterocycles. The van der Waals surface area contributed by atoms with E-state index in [1.807, 2.05) is 0 Å². The smallest absolute Gasteiger partial charge is 0.338 e. The molecular formula is C12H14O4. The number of ketones is 1. The third-order valence-electron chi connectivity index (χ3n) is 2.12. The van der Waals surface area contributed by atoms with Crippen LogP contribution >= 0.6 is 0 Å². The Morgan fingerprint density at radius 3 is 2.50 bits per heavy atom. The Hall–Kier alpha value is -1.84. The van der Waals surface area contributed by atoms with Gasteiger partial charge in [-0.05, 0) is 25.1 Å². The fourth-order valence-electron chi connectivity index (χ4n) is 1.34. The number of phenolic OH excluding ortho intramolecular Hbond substituents is 1. The van der Waals surface area contributed by atoms with Crippen LogP contribution in [0.25, 0.3) is 0 Å². The van der Waals surface area contributed by atoms with Gasteiger partial charge in [0.2, 0.25) is 0 Å². The third kappa shape index (κ3) is 2.59. The van der Waals surface area contributed by atoms with E-state index in [0.29, 0.717) is 12.0 Å². The molecule has 0 aliphatic carbocycles. The van der Waals surface area contributed by atoms with Crippen LogP contribution in [0.1, 0.15) is 41.0 Å². The fraction of sp³-hybridized carbons (Fsp3) is 0.333. The molecule has 16 heavy (non-hydrogen) atoms. The van der Waals surface area contributed by atoms with Gasteiger partial charge in [-0.2, -0.15) is 0 Å². The van der Waals surface area contributed by atoms with Crippen molar-refractivity contribution in [3.63, 3.8) is 0 Å². The minimum absolute atomic E-state index is 0.0595. The summed E-state index contributed by atoms with van der Waals surface area (Å²) in [4.78, 5) is 23.1. The zero-order valence-electron chi connectivity index (χ0n) is 9.32. The molecule has 0 unspecified atom stereocenters. The van der Waals surface area contributed by atoms with E-state index < -0.39 is 5.97 Å². The Balaban J connectivity index is 3.17. The number of hydrogen-bond donors (Lipinski definition) is 1. The van der Waals surface area contributed by atoms with Crippen LogP contribution in [-0.2, 0) is 4.74 Å². The third-order valence-corrected chi connectivity index (χ3v) is 2.12. The van der Waals surface area contributed by atoms with E-state index in [-0.39, 0.29) is 23.7 Å². The monoisotopic (exact) mass is 222 g/mol. The molecule has 0 amide bonds. The van der Waals surface area contributed by atoms with Gasteiger partial charge in [0.15, 0.2) is 5.78 Å². The van der Waals surface area contributed by atoms with Gasteiger partial charge in [-0.25, -0.2) is 4.79 Å². The lowest BCUT2D eigenvalue weighted by Crippen LogP contribution is -2.11. The Morgan fingerprint density at radius 2 is 1.94 bits per heavy atom. The minimum Gasteiger partial charge on any atom is -0.508 e. The van der Waals surface area contributed by atoms with Crippen molar-refractivity contribution < 1.29 is 19.4 Å². The normalized spacial score (nSPS) is 9.88. The number of Topliss-reactive ketones (excluding diaryl/α,β-unsaturated/α-hetero) is 1. The standard InChI is InChI=1S/C12H14O4/c1-3-11(14)9-6-5-8(13)7-10(9)12(15)16-4-2/h5-7,13H,3-4H2,1-2H3. The van der Waals surface area contributed by atoms with Crippen molar-refractivity contribution in [3.05, 3.63) is 29.3 Å². The van der Waals surface area contributed by atoms with Crippen molar-refractivity contribution in [2.24, 2.45) is 0 Å². The molecule has 0 heterocycles. The zero-order chi connectivity index (χ0) is 12.1. The maximum atomic E-state index is 11.6. The average Bonchev–Trinajstić information content (AvgIpc) is 2.28. The van der Waals surface area contributed by atoms with E-state index in [2.05, 4.69) is 0 Å². The van der Waals surface area contributed by atoms with Gasteiger partial charge in [-0.3, -0.25) is 4.79 Å². The number of aromatic hydroxyl groups is 1. The number of carbonyl (C=O) groups is 2. The quantitative estimate of drug-likeness (QED) is 0.626. The number of benzene rings is 1. The number of hydrogen-bond acceptors (Lipinski definition) is 4. The van der Waals surface area contributed by atoms with Crippen LogP contribution < -0.4 is 0 Å². The van der Waals surface area contributed by atoms with Crippen LogP contribution in [0.15, 0.2) is 18.2 Å². The van der Waals surface area contributed by atoms with E-state index in [1.165, 1.54) is 18.2 Å². The fourth-order valence-corrected chi connectivity index (χ4v) is 1.34. The van der Waals surface area contributed by atoms with E-state index in [9.17, 15) is 14.7 Å². The average molecular weight is 222 g/mol. The maximum Gasteiger partial charge on any atom is 0.338 e. The second-order valence-corrected chi connectivity index (χ2v) is 3.23. The van der Waals surface area contributed by atoms with E-state index in [4.69, 9.17) is 4.74 Å². The molecule has 0 aliphatic rings. The van der Waals surface area contributed by atoms with Crippen LogP contribution in [-0.4, -0.2) is 23.5 Å². The van der Waals surface area contributed by atoms with Crippen LogP contribution in [0.3, 0.4) is 0 Å². The highest BCUT2D eigenvalue weighted by molar-refractivity contribution is 6.06. The minimum atomic E-state index is -0.588. The highest BCUT2D eigenvalue weighted by Gasteiger charge is 2.17. The SMILES string of the molecule is CCOC(=O)c1cc(O)ccc1C(=O)CC. The Kier molecular flexibility index (Phi) is 4.05. The summed E-state index contributed by atoms with van der Waals surface area (Å²) < 4.78 is 4.82. The highest BCUT2D eigenvalue weighted by atomic mass is 16.5. The van der Waals surface area contributed by atoms with Crippen molar-refractivity contribution in [1.82, 2.24) is 0 Å². The van der Waals surface area contributed by atoms with E-state index in [0.717, 1.165) is 0 Å². The summed E-state index contributed by atoms with van der Waals surface area (Å²) in [5.74, 6) is -0.797. The van der Waals surface area contributed by atoms with Gasteiger partial charge in [0.05, 0.1) is 12.2 Å². The van der Waals surface area contributed by atoms with Gasteiger partial charge in [0.25, 0.3) is 0 Å². The molecular weight excluding hydrogens is 208 g/mol. The molecule has 0 atom stereocenters. The lowest BCUT2D eigenvalue weighted by Gasteiger charge is -2.07. The molecule has 0 radical (unpaired) electrons. The van der Waals surface area contributed by atoms with E-state index >= 15 is 0 Å². The number of ether oxygens (including phenoxy) is 1. The largest absolute Gasteiger partial charge is 0.508 e. The van der Waals surface area contributed by atoms with Gasteiger partial charge in [-0.15, -0.1) is 0 Å². The number of phenols is 1. The molecule has 4 nitrogen and oxygen atoms in total. The molecule has 1 rings (SSSR count). The second kappa shape index (κ2) is 5.30. The van der Waals surface area contributed by atoms with Crippen molar-refractivity contribution in [1.29, 1.82) is 0 Å². The predicted molar refractivity (Wildman–Crippen MR) is 58.7 cm³/mol. The Bertz CT molecular complexity index is 409. The Morgan fingerprint density at radius 1 is 1.25 bits per heavy atom. The summed E-state index contributed by atoms with van der Waals surface area (Å²) in [6.07, 6.45) is 0.303. The lowest BCUT2D eigenvalue weighted by molar-refractivity contribution is 0.0522. The van der Waals surface area contributed by atoms with Gasteiger partial charge in [0, 0.05) is 12.0 Å². The topological polar surface area (TPSA) is 63.6 Å². The number of esters is 1. The van der Waals surface area contributed by atoms with Crippen LogP contribution in [0.2, 0.25) is 0 Å². The maximum absolute atomic E-state index is 11.6. The highest BCUT2D eigenvalue weighted by Crippen LogP contribution is 2.19. The van der Waals surface area contributed by atoms with Crippen LogP contribution in [0.4, 0.5) is 0 Å². The van der Waals surface area contributed by atoms with E-state index in [1.54, 1.807) is 13.8 Å². The van der Waals surface area contributed by atoms with Crippen molar-refractivity contribution in [2.45, 2.75) is 20.3 Å². The molecule has 0 saturated heterocycles. The molecule has 0 saturated carbocycles. The van der Waals surface area contributed by atoms with Gasteiger partial charge in [0.1, 0.15) is 5.75 Å². The van der Waals surface area contributed by atoms with Gasteiger partial charge in [-0.1, -0.05) is 6.92 Å². The second-order valence-electron chi connectivity index (χ2n) is 3.23. The molecule has 86 valence electrons. The van der Waals surface area contributed by atoms with Crippen molar-refractivity contribution in [3.8, 4) is 5.75 Å². The summed E-state index contributed by atoms with van der Waals surface area (Å²) in [5, 5.41) is 9.29. The molecule has 0 bridgehead atoms. The van der Waals surface area contributed by atoms with Crippen LogP contribution in [0, 0.1) is 0 Å². The van der Waals surface area contributed by atoms with Crippen molar-refractivity contribution in [2.75, 3.05) is 6.61 Å². The molecule has 0 fully saturated rings. The first-order chi connectivity index (χ1) is 7.60. The summed E-state index contributed by atoms with van der Waals surface area (Å²) in [5.41, 5.74) is 0.410.